The molecule has 0 saturated heterocycles. The third kappa shape index (κ3) is 3.64. The summed E-state index contributed by atoms with van der Waals surface area (Å²) in [5, 5.41) is 12.2. The SMILES string of the molecule is CCCNC(=O)CN(C)c1cccc(Cl)c1C#N. The molecule has 1 amide bonds. The summed E-state index contributed by atoms with van der Waals surface area (Å²) in [7, 11) is 1.76. The molecule has 0 atom stereocenters. The summed E-state index contributed by atoms with van der Waals surface area (Å²) in [6.07, 6.45) is 0.899. The van der Waals surface area contributed by atoms with Crippen LogP contribution in [0.2, 0.25) is 5.02 Å². The molecule has 0 spiro atoms. The smallest absolute Gasteiger partial charge is 0.239 e. The molecular formula is C13H16ClN3O. The van der Waals surface area contributed by atoms with Crippen molar-refractivity contribution in [3.8, 4) is 6.07 Å². The first kappa shape index (κ1) is 14.3. The highest BCUT2D eigenvalue weighted by Crippen LogP contribution is 2.25. The van der Waals surface area contributed by atoms with Crippen LogP contribution in [-0.2, 0) is 4.79 Å². The number of rotatable bonds is 5. The summed E-state index contributed by atoms with van der Waals surface area (Å²) in [4.78, 5) is 13.3. The molecule has 0 unspecified atom stereocenters. The third-order valence-corrected chi connectivity index (χ3v) is 2.78. The Balaban J connectivity index is 2.79. The van der Waals surface area contributed by atoms with Crippen LogP contribution in [0.5, 0.6) is 0 Å². The summed E-state index contributed by atoms with van der Waals surface area (Å²) < 4.78 is 0. The quantitative estimate of drug-likeness (QED) is 0.888. The van der Waals surface area contributed by atoms with Crippen molar-refractivity contribution < 1.29 is 4.79 Å². The van der Waals surface area contributed by atoms with Gasteiger partial charge >= 0.3 is 0 Å². The van der Waals surface area contributed by atoms with Gasteiger partial charge < -0.3 is 10.2 Å². The predicted molar refractivity (Wildman–Crippen MR) is 72.7 cm³/mol. The highest BCUT2D eigenvalue weighted by Gasteiger charge is 2.12. The maximum absolute atomic E-state index is 11.6. The topological polar surface area (TPSA) is 56.1 Å². The standard InChI is InChI=1S/C13H16ClN3O/c1-3-7-16-13(18)9-17(2)12-6-4-5-11(14)10(12)8-15/h4-6H,3,7,9H2,1-2H3,(H,16,18). The number of halogens is 1. The molecule has 0 aliphatic rings. The van der Waals surface area contributed by atoms with Crippen LogP contribution in [0.25, 0.3) is 0 Å². The van der Waals surface area contributed by atoms with Crippen LogP contribution < -0.4 is 10.2 Å². The van der Waals surface area contributed by atoms with Gasteiger partial charge in [-0.15, -0.1) is 0 Å². The zero-order valence-electron chi connectivity index (χ0n) is 10.5. The van der Waals surface area contributed by atoms with Crippen LogP contribution in [0.1, 0.15) is 18.9 Å². The third-order valence-electron chi connectivity index (χ3n) is 2.47. The first-order chi connectivity index (χ1) is 8.60. The van der Waals surface area contributed by atoms with Crippen LogP contribution in [0.4, 0.5) is 5.69 Å². The highest BCUT2D eigenvalue weighted by atomic mass is 35.5. The van der Waals surface area contributed by atoms with E-state index in [1.807, 2.05) is 6.92 Å². The molecule has 1 rings (SSSR count). The Labute approximate surface area is 112 Å². The summed E-state index contributed by atoms with van der Waals surface area (Å²) in [5.41, 5.74) is 1.06. The molecule has 4 nitrogen and oxygen atoms in total. The number of carbonyl (C=O) groups excluding carboxylic acids is 1. The molecular weight excluding hydrogens is 250 g/mol. The van der Waals surface area contributed by atoms with E-state index in [1.54, 1.807) is 30.1 Å². The highest BCUT2D eigenvalue weighted by molar-refractivity contribution is 6.32. The van der Waals surface area contributed by atoms with E-state index in [4.69, 9.17) is 16.9 Å². The van der Waals surface area contributed by atoms with Crippen LogP contribution in [-0.4, -0.2) is 26.0 Å². The Morgan fingerprint density at radius 1 is 1.56 bits per heavy atom. The Hall–Kier alpha value is -1.73. The minimum atomic E-state index is -0.0665. The normalized spacial score (nSPS) is 9.67. The summed E-state index contributed by atoms with van der Waals surface area (Å²) in [6.45, 7) is 2.86. The lowest BCUT2D eigenvalue weighted by atomic mass is 10.2. The monoisotopic (exact) mass is 265 g/mol. The van der Waals surface area contributed by atoms with E-state index in [9.17, 15) is 4.79 Å². The molecule has 1 aromatic rings. The van der Waals surface area contributed by atoms with Gasteiger partial charge in [-0.1, -0.05) is 24.6 Å². The average Bonchev–Trinajstić information content (AvgIpc) is 2.35. The van der Waals surface area contributed by atoms with Crippen molar-refractivity contribution in [1.29, 1.82) is 5.26 Å². The van der Waals surface area contributed by atoms with Crippen molar-refractivity contribution in [1.82, 2.24) is 5.32 Å². The summed E-state index contributed by atoms with van der Waals surface area (Å²) in [6, 6.07) is 7.26. The van der Waals surface area contributed by atoms with Crippen LogP contribution in [0.3, 0.4) is 0 Å². The van der Waals surface area contributed by atoms with Gasteiger partial charge in [-0.25, -0.2) is 0 Å². The van der Waals surface area contributed by atoms with E-state index in [-0.39, 0.29) is 12.5 Å². The molecule has 1 aromatic carbocycles. The van der Waals surface area contributed by atoms with Crippen LogP contribution in [0.15, 0.2) is 18.2 Å². The molecule has 0 bridgehead atoms. The number of hydrogen-bond acceptors (Lipinski definition) is 3. The van der Waals surface area contributed by atoms with Gasteiger partial charge in [0.1, 0.15) is 6.07 Å². The molecule has 0 saturated carbocycles. The Morgan fingerprint density at radius 2 is 2.28 bits per heavy atom. The van der Waals surface area contributed by atoms with E-state index >= 15 is 0 Å². The van der Waals surface area contributed by atoms with Crippen molar-refractivity contribution in [2.75, 3.05) is 25.0 Å². The van der Waals surface area contributed by atoms with E-state index in [0.29, 0.717) is 22.8 Å². The van der Waals surface area contributed by atoms with Gasteiger partial charge in [-0.3, -0.25) is 4.79 Å². The largest absolute Gasteiger partial charge is 0.364 e. The number of nitrogens with zero attached hydrogens (tertiary/aromatic N) is 2. The van der Waals surface area contributed by atoms with E-state index in [2.05, 4.69) is 11.4 Å². The average molecular weight is 266 g/mol. The number of likely N-dealkylation sites (N-methyl/N-ethyl adjacent to an activating group) is 1. The fourth-order valence-corrected chi connectivity index (χ4v) is 1.77. The molecule has 1 N–H and O–H groups in total. The molecule has 0 aliphatic heterocycles. The molecule has 0 heterocycles. The zero-order valence-corrected chi connectivity index (χ0v) is 11.3. The molecule has 0 fully saturated rings. The second-order valence-corrected chi connectivity index (χ2v) is 4.36. The van der Waals surface area contributed by atoms with Crippen molar-refractivity contribution in [2.45, 2.75) is 13.3 Å². The molecule has 18 heavy (non-hydrogen) atoms. The van der Waals surface area contributed by atoms with Crippen molar-refractivity contribution in [3.63, 3.8) is 0 Å². The van der Waals surface area contributed by atoms with Gasteiger partial charge in [-0.2, -0.15) is 5.26 Å². The van der Waals surface area contributed by atoms with Gasteiger partial charge in [0.25, 0.3) is 0 Å². The van der Waals surface area contributed by atoms with E-state index in [1.165, 1.54) is 0 Å². The van der Waals surface area contributed by atoms with Crippen molar-refractivity contribution in [3.05, 3.63) is 28.8 Å². The number of amides is 1. The van der Waals surface area contributed by atoms with E-state index < -0.39 is 0 Å². The Bertz CT molecular complexity index is 468. The number of benzene rings is 1. The number of anilines is 1. The first-order valence-electron chi connectivity index (χ1n) is 5.76. The zero-order chi connectivity index (χ0) is 13.5. The first-order valence-corrected chi connectivity index (χ1v) is 6.14. The summed E-state index contributed by atoms with van der Waals surface area (Å²) >= 11 is 5.94. The van der Waals surface area contributed by atoms with Crippen molar-refractivity contribution >= 4 is 23.2 Å². The van der Waals surface area contributed by atoms with Crippen LogP contribution in [0, 0.1) is 11.3 Å². The maximum atomic E-state index is 11.6. The van der Waals surface area contributed by atoms with Crippen LogP contribution >= 0.6 is 11.6 Å². The van der Waals surface area contributed by atoms with Crippen molar-refractivity contribution in [2.24, 2.45) is 0 Å². The fraction of sp³-hybridized carbons (Fsp3) is 0.385. The Morgan fingerprint density at radius 3 is 2.89 bits per heavy atom. The van der Waals surface area contributed by atoms with Gasteiger partial charge in [0, 0.05) is 13.6 Å². The van der Waals surface area contributed by atoms with Gasteiger partial charge in [0.15, 0.2) is 0 Å². The predicted octanol–water partition coefficient (Wildman–Crippen LogP) is 2.17. The lowest BCUT2D eigenvalue weighted by molar-refractivity contribution is -0.119. The maximum Gasteiger partial charge on any atom is 0.239 e. The molecule has 0 radical (unpaired) electrons. The van der Waals surface area contributed by atoms with Gasteiger partial charge in [0.05, 0.1) is 22.8 Å². The second kappa shape index (κ2) is 6.87. The molecule has 0 aliphatic carbocycles. The lowest BCUT2D eigenvalue weighted by Crippen LogP contribution is -2.35. The number of nitrogens with one attached hydrogen (secondary N) is 1. The lowest BCUT2D eigenvalue weighted by Gasteiger charge is -2.20. The fourth-order valence-electron chi connectivity index (χ4n) is 1.56. The summed E-state index contributed by atoms with van der Waals surface area (Å²) in [5.74, 6) is -0.0665. The van der Waals surface area contributed by atoms with Gasteiger partial charge in [-0.05, 0) is 18.6 Å². The molecule has 96 valence electrons. The van der Waals surface area contributed by atoms with Gasteiger partial charge in [0.2, 0.25) is 5.91 Å². The Kier molecular flexibility index (Phi) is 5.47. The molecule has 0 aromatic heterocycles. The molecule has 5 heteroatoms. The minimum Gasteiger partial charge on any atom is -0.364 e. The number of carbonyl (C=O) groups is 1. The second-order valence-electron chi connectivity index (χ2n) is 3.95. The minimum absolute atomic E-state index is 0.0665. The number of hydrogen-bond donors (Lipinski definition) is 1. The van der Waals surface area contributed by atoms with E-state index in [0.717, 1.165) is 6.42 Å². The number of nitriles is 1.